The van der Waals surface area contributed by atoms with E-state index in [4.69, 9.17) is 10.8 Å². The summed E-state index contributed by atoms with van der Waals surface area (Å²) in [7, 11) is -3.68. The lowest BCUT2D eigenvalue weighted by molar-refractivity contribution is -0.142. The van der Waals surface area contributed by atoms with Crippen molar-refractivity contribution in [1.82, 2.24) is 4.31 Å². The molecule has 19 heavy (non-hydrogen) atoms. The molecule has 0 amide bonds. The molecule has 1 atom stereocenters. The summed E-state index contributed by atoms with van der Waals surface area (Å²) >= 11 is 0. The maximum atomic E-state index is 12.4. The van der Waals surface area contributed by atoms with E-state index in [1.54, 1.807) is 25.1 Å². The number of sulfonamides is 1. The van der Waals surface area contributed by atoms with Crippen molar-refractivity contribution in [2.24, 2.45) is 5.73 Å². The van der Waals surface area contributed by atoms with Gasteiger partial charge in [-0.15, -0.1) is 0 Å². The zero-order valence-corrected chi connectivity index (χ0v) is 11.4. The predicted molar refractivity (Wildman–Crippen MR) is 69.1 cm³/mol. The second-order valence-corrected chi connectivity index (χ2v) is 6.80. The number of benzene rings is 1. The minimum absolute atomic E-state index is 0.118. The molecule has 0 spiro atoms. The average Bonchev–Trinajstić information content (AvgIpc) is 2.74. The number of hydrogen-bond donors (Lipinski definition) is 2. The van der Waals surface area contributed by atoms with Crippen LogP contribution in [0.25, 0.3) is 0 Å². The second kappa shape index (κ2) is 4.59. The van der Waals surface area contributed by atoms with Crippen molar-refractivity contribution in [2.75, 3.05) is 13.1 Å². The van der Waals surface area contributed by atoms with Gasteiger partial charge in [-0.1, -0.05) is 12.1 Å². The molecule has 1 aliphatic heterocycles. The molecule has 7 heteroatoms. The van der Waals surface area contributed by atoms with E-state index in [0.717, 1.165) is 9.87 Å². The van der Waals surface area contributed by atoms with Gasteiger partial charge in [0.1, 0.15) is 5.54 Å². The van der Waals surface area contributed by atoms with Gasteiger partial charge in [0.15, 0.2) is 0 Å². The van der Waals surface area contributed by atoms with E-state index in [0.29, 0.717) is 0 Å². The molecule has 1 heterocycles. The molecule has 1 saturated heterocycles. The smallest absolute Gasteiger partial charge is 0.325 e. The summed E-state index contributed by atoms with van der Waals surface area (Å²) in [5.74, 6) is -1.17. The van der Waals surface area contributed by atoms with Gasteiger partial charge in [-0.05, 0) is 31.0 Å². The largest absolute Gasteiger partial charge is 0.480 e. The Balaban J connectivity index is 2.31. The highest BCUT2D eigenvalue weighted by Crippen LogP contribution is 2.26. The number of carbonyl (C=O) groups is 1. The molecule has 1 unspecified atom stereocenters. The molecule has 104 valence electrons. The Morgan fingerprint density at radius 2 is 2.16 bits per heavy atom. The molecule has 1 aromatic rings. The Kier molecular flexibility index (Phi) is 3.38. The van der Waals surface area contributed by atoms with E-state index in [2.05, 4.69) is 0 Å². The number of aryl methyl sites for hydroxylation is 1. The number of aliphatic carboxylic acids is 1. The van der Waals surface area contributed by atoms with E-state index >= 15 is 0 Å². The zero-order chi connectivity index (χ0) is 14.3. The quantitative estimate of drug-likeness (QED) is 0.824. The summed E-state index contributed by atoms with van der Waals surface area (Å²) in [5, 5.41) is 9.02. The monoisotopic (exact) mass is 284 g/mol. The first-order chi connectivity index (χ1) is 8.75. The maximum Gasteiger partial charge on any atom is 0.325 e. The Labute approximate surface area is 111 Å². The predicted octanol–water partition coefficient (Wildman–Crippen LogP) is 0.172. The SMILES string of the molecule is Cc1cccc(S(=O)(=O)N2CCC(N)(C(=O)O)C2)c1. The van der Waals surface area contributed by atoms with Gasteiger partial charge in [-0.25, -0.2) is 8.42 Å². The molecule has 3 N–H and O–H groups in total. The standard InChI is InChI=1S/C12H16N2O4S/c1-9-3-2-4-10(7-9)19(17,18)14-6-5-12(13,8-14)11(15)16/h2-4,7H,5-6,8,13H2,1H3,(H,15,16). The van der Waals surface area contributed by atoms with Gasteiger partial charge < -0.3 is 10.8 Å². The second-order valence-electron chi connectivity index (χ2n) is 4.87. The summed E-state index contributed by atoms with van der Waals surface area (Å²) in [6, 6.07) is 6.52. The number of hydrogen-bond acceptors (Lipinski definition) is 4. The van der Waals surface area contributed by atoms with Crippen molar-refractivity contribution < 1.29 is 18.3 Å². The molecular formula is C12H16N2O4S. The van der Waals surface area contributed by atoms with Crippen LogP contribution in [0, 0.1) is 6.92 Å². The molecule has 6 nitrogen and oxygen atoms in total. The van der Waals surface area contributed by atoms with Crippen molar-refractivity contribution in [3.05, 3.63) is 29.8 Å². The first-order valence-corrected chi connectivity index (χ1v) is 7.29. The summed E-state index contributed by atoms with van der Waals surface area (Å²) in [5.41, 5.74) is 5.03. The third kappa shape index (κ3) is 2.49. The van der Waals surface area contributed by atoms with Crippen LogP contribution in [0.1, 0.15) is 12.0 Å². The summed E-state index contributed by atoms with van der Waals surface area (Å²) < 4.78 is 25.9. The van der Waals surface area contributed by atoms with Crippen LogP contribution in [0.4, 0.5) is 0 Å². The average molecular weight is 284 g/mol. The lowest BCUT2D eigenvalue weighted by Gasteiger charge is -2.20. The number of nitrogens with zero attached hydrogens (tertiary/aromatic N) is 1. The fourth-order valence-electron chi connectivity index (χ4n) is 2.10. The third-order valence-corrected chi connectivity index (χ3v) is 5.16. The third-order valence-electron chi connectivity index (χ3n) is 3.32. The minimum Gasteiger partial charge on any atom is -0.480 e. The van der Waals surface area contributed by atoms with Crippen LogP contribution in [0.2, 0.25) is 0 Å². The lowest BCUT2D eigenvalue weighted by atomic mass is 10.0. The van der Waals surface area contributed by atoms with E-state index in [9.17, 15) is 13.2 Å². The van der Waals surface area contributed by atoms with Gasteiger partial charge >= 0.3 is 5.97 Å². The Bertz CT molecular complexity index is 614. The molecule has 0 bridgehead atoms. The van der Waals surface area contributed by atoms with Gasteiger partial charge in [0.2, 0.25) is 10.0 Å². The van der Waals surface area contributed by atoms with E-state index in [1.165, 1.54) is 6.07 Å². The molecule has 1 fully saturated rings. The van der Waals surface area contributed by atoms with Gasteiger partial charge in [-0.3, -0.25) is 4.79 Å². The van der Waals surface area contributed by atoms with Crippen LogP contribution in [0.15, 0.2) is 29.2 Å². The zero-order valence-electron chi connectivity index (χ0n) is 10.5. The van der Waals surface area contributed by atoms with Crippen LogP contribution in [-0.2, 0) is 14.8 Å². The maximum absolute atomic E-state index is 12.4. The van der Waals surface area contributed by atoms with Crippen molar-refractivity contribution in [1.29, 1.82) is 0 Å². The highest BCUT2D eigenvalue weighted by Gasteiger charge is 2.45. The van der Waals surface area contributed by atoms with Crippen molar-refractivity contribution >= 4 is 16.0 Å². The number of carboxylic acids is 1. The van der Waals surface area contributed by atoms with E-state index < -0.39 is 21.5 Å². The van der Waals surface area contributed by atoms with E-state index in [1.807, 2.05) is 0 Å². The summed E-state index contributed by atoms with van der Waals surface area (Å²) in [4.78, 5) is 11.2. The molecular weight excluding hydrogens is 268 g/mol. The fourth-order valence-corrected chi connectivity index (χ4v) is 3.72. The van der Waals surface area contributed by atoms with Gasteiger partial charge in [0.25, 0.3) is 0 Å². The van der Waals surface area contributed by atoms with Crippen LogP contribution >= 0.6 is 0 Å². The van der Waals surface area contributed by atoms with Gasteiger partial charge in [0, 0.05) is 13.1 Å². The van der Waals surface area contributed by atoms with Crippen LogP contribution in [0.5, 0.6) is 0 Å². The first kappa shape index (κ1) is 14.0. The molecule has 2 rings (SSSR count). The molecule has 1 aromatic carbocycles. The van der Waals surface area contributed by atoms with Crippen LogP contribution in [0.3, 0.4) is 0 Å². The van der Waals surface area contributed by atoms with Crippen molar-refractivity contribution in [3.63, 3.8) is 0 Å². The fraction of sp³-hybridized carbons (Fsp3) is 0.417. The van der Waals surface area contributed by atoms with Crippen LogP contribution in [-0.4, -0.2) is 42.4 Å². The number of carboxylic acid groups (broad SMARTS) is 1. The first-order valence-electron chi connectivity index (χ1n) is 5.85. The molecule has 0 aromatic heterocycles. The van der Waals surface area contributed by atoms with Crippen molar-refractivity contribution in [3.8, 4) is 0 Å². The Hall–Kier alpha value is -1.44. The number of nitrogens with two attached hydrogens (primary N) is 1. The normalized spacial score (nSPS) is 24.5. The topological polar surface area (TPSA) is 101 Å². The highest BCUT2D eigenvalue weighted by molar-refractivity contribution is 7.89. The minimum atomic E-state index is -3.68. The highest BCUT2D eigenvalue weighted by atomic mass is 32.2. The molecule has 1 aliphatic rings. The summed E-state index contributed by atoms with van der Waals surface area (Å²) in [6.45, 7) is 1.73. The number of rotatable bonds is 3. The molecule has 0 saturated carbocycles. The Morgan fingerprint density at radius 1 is 1.47 bits per heavy atom. The van der Waals surface area contributed by atoms with Crippen LogP contribution < -0.4 is 5.73 Å². The molecule has 0 aliphatic carbocycles. The molecule has 0 radical (unpaired) electrons. The van der Waals surface area contributed by atoms with Crippen molar-refractivity contribution in [2.45, 2.75) is 23.8 Å². The summed E-state index contributed by atoms with van der Waals surface area (Å²) in [6.07, 6.45) is 0.118. The Morgan fingerprint density at radius 3 is 2.68 bits per heavy atom. The van der Waals surface area contributed by atoms with Gasteiger partial charge in [0.05, 0.1) is 4.90 Å². The van der Waals surface area contributed by atoms with Gasteiger partial charge in [-0.2, -0.15) is 4.31 Å². The lowest BCUT2D eigenvalue weighted by Crippen LogP contribution is -2.50. The van der Waals surface area contributed by atoms with E-state index in [-0.39, 0.29) is 24.4 Å².